The summed E-state index contributed by atoms with van der Waals surface area (Å²) in [5.74, 6) is 0.394. The van der Waals surface area contributed by atoms with Crippen molar-refractivity contribution in [1.82, 2.24) is 24.3 Å². The smallest absolute Gasteiger partial charge is 0.174 e. The highest BCUT2D eigenvalue weighted by Gasteiger charge is 2.39. The molecule has 2 aromatic heterocycles. The van der Waals surface area contributed by atoms with E-state index in [-0.39, 0.29) is 5.82 Å². The fourth-order valence-electron chi connectivity index (χ4n) is 4.26. The molecule has 0 amide bonds. The lowest BCUT2D eigenvalue weighted by Gasteiger charge is -2.31. The number of aliphatic hydroxyl groups is 1. The minimum Gasteiger partial charge on any atom is -0.495 e. The van der Waals surface area contributed by atoms with Gasteiger partial charge in [-0.25, -0.2) is 23.4 Å². The third kappa shape index (κ3) is 3.88. The molecule has 1 atom stereocenters. The predicted molar refractivity (Wildman–Crippen MR) is 122 cm³/mol. The van der Waals surface area contributed by atoms with Gasteiger partial charge in [-0.15, -0.1) is 0 Å². The number of imidazole rings is 1. The third-order valence-corrected chi connectivity index (χ3v) is 5.99. The largest absolute Gasteiger partial charge is 0.495 e. The Hall–Kier alpha value is -3.85. The van der Waals surface area contributed by atoms with Crippen molar-refractivity contribution in [2.45, 2.75) is 31.9 Å². The van der Waals surface area contributed by atoms with Gasteiger partial charge in [0.2, 0.25) is 0 Å². The number of hydrogen-bond donors (Lipinski definition) is 1. The Balaban J connectivity index is 1.47. The molecule has 1 unspecified atom stereocenters. The number of benzene rings is 2. The fraction of sp³-hybridized carbons (Fsp3) is 0.240. The molecule has 174 valence electrons. The van der Waals surface area contributed by atoms with Crippen LogP contribution in [0.4, 0.5) is 8.78 Å². The molecule has 1 N–H and O–H groups in total. The molecule has 4 aromatic rings. The maximum atomic E-state index is 14.9. The van der Waals surface area contributed by atoms with Crippen molar-refractivity contribution in [1.29, 1.82) is 0 Å². The van der Waals surface area contributed by atoms with Crippen molar-refractivity contribution in [3.05, 3.63) is 89.0 Å². The Morgan fingerprint density at radius 2 is 1.94 bits per heavy atom. The van der Waals surface area contributed by atoms with Crippen LogP contribution >= 0.6 is 0 Å². The Labute approximate surface area is 195 Å². The van der Waals surface area contributed by atoms with Crippen LogP contribution in [0.5, 0.6) is 5.75 Å². The summed E-state index contributed by atoms with van der Waals surface area (Å²) in [6.45, 7) is 2.45. The van der Waals surface area contributed by atoms with E-state index in [2.05, 4.69) is 15.1 Å². The van der Waals surface area contributed by atoms with Crippen LogP contribution in [0.1, 0.15) is 41.3 Å². The molecule has 0 radical (unpaired) electrons. The molecule has 1 aliphatic rings. The van der Waals surface area contributed by atoms with Crippen molar-refractivity contribution in [2.75, 3.05) is 7.11 Å². The number of aryl methyl sites for hydroxylation is 2. The second-order valence-electron chi connectivity index (χ2n) is 8.29. The maximum Gasteiger partial charge on any atom is 0.174 e. The predicted octanol–water partition coefficient (Wildman–Crippen LogP) is 4.26. The van der Waals surface area contributed by atoms with Crippen LogP contribution in [-0.4, -0.2) is 36.5 Å². The van der Waals surface area contributed by atoms with Crippen LogP contribution in [0.25, 0.3) is 17.8 Å². The zero-order chi connectivity index (χ0) is 23.9. The lowest BCUT2D eigenvalue weighted by Crippen LogP contribution is -2.35. The molecule has 3 heterocycles. The summed E-state index contributed by atoms with van der Waals surface area (Å²) in [5.41, 5.74) is 0.835. The number of hydrogen-bond acceptors (Lipinski definition) is 5. The molecule has 0 saturated heterocycles. The number of ether oxygens (including phenoxy) is 1. The zero-order valence-electron chi connectivity index (χ0n) is 18.7. The van der Waals surface area contributed by atoms with E-state index in [1.54, 1.807) is 52.1 Å². The Kier molecular flexibility index (Phi) is 5.49. The second kappa shape index (κ2) is 8.49. The van der Waals surface area contributed by atoms with Gasteiger partial charge >= 0.3 is 0 Å². The number of aromatic nitrogens is 5. The van der Waals surface area contributed by atoms with E-state index >= 15 is 0 Å². The van der Waals surface area contributed by atoms with Crippen molar-refractivity contribution in [3.8, 4) is 11.4 Å². The molecular weight excluding hydrogens is 440 g/mol. The maximum absolute atomic E-state index is 14.9. The van der Waals surface area contributed by atoms with Crippen LogP contribution in [0.3, 0.4) is 0 Å². The summed E-state index contributed by atoms with van der Waals surface area (Å²) in [6.07, 6.45) is 7.68. The van der Waals surface area contributed by atoms with Crippen LogP contribution in [0.15, 0.2) is 48.9 Å². The van der Waals surface area contributed by atoms with Crippen LogP contribution in [-0.2, 0) is 12.1 Å². The SMILES string of the molecule is COc1cc(/C=C/c2nc3n(n2)CCCC3(O)c2ccc(F)cc2)c(F)cc1-n1cnc(C)c1. The van der Waals surface area contributed by atoms with Crippen LogP contribution in [0.2, 0.25) is 0 Å². The van der Waals surface area contributed by atoms with Gasteiger partial charge in [-0.1, -0.05) is 12.1 Å². The summed E-state index contributed by atoms with van der Waals surface area (Å²) < 4.78 is 37.1. The monoisotopic (exact) mass is 463 g/mol. The Bertz CT molecular complexity index is 1380. The van der Waals surface area contributed by atoms with Crippen LogP contribution in [0, 0.1) is 18.6 Å². The van der Waals surface area contributed by atoms with E-state index in [9.17, 15) is 13.9 Å². The first-order valence-electron chi connectivity index (χ1n) is 10.9. The van der Waals surface area contributed by atoms with E-state index in [0.717, 1.165) is 5.69 Å². The molecule has 0 bridgehead atoms. The van der Waals surface area contributed by atoms with Gasteiger partial charge in [0.1, 0.15) is 23.0 Å². The molecule has 34 heavy (non-hydrogen) atoms. The molecule has 0 spiro atoms. The van der Waals surface area contributed by atoms with E-state index in [4.69, 9.17) is 4.74 Å². The van der Waals surface area contributed by atoms with Gasteiger partial charge in [0.05, 0.1) is 24.8 Å². The summed E-state index contributed by atoms with van der Waals surface area (Å²) in [4.78, 5) is 8.69. The van der Waals surface area contributed by atoms with E-state index in [1.807, 2.05) is 6.92 Å². The van der Waals surface area contributed by atoms with Gasteiger partial charge in [0.15, 0.2) is 11.6 Å². The molecule has 7 nitrogen and oxygen atoms in total. The summed E-state index contributed by atoms with van der Waals surface area (Å²) in [6, 6.07) is 8.73. The first-order chi connectivity index (χ1) is 16.4. The fourth-order valence-corrected chi connectivity index (χ4v) is 4.26. The quantitative estimate of drug-likeness (QED) is 0.479. The molecule has 5 rings (SSSR count). The molecule has 0 aliphatic carbocycles. The molecular formula is C25H23F2N5O2. The summed E-state index contributed by atoms with van der Waals surface area (Å²) >= 11 is 0. The Morgan fingerprint density at radius 3 is 2.65 bits per heavy atom. The van der Waals surface area contributed by atoms with Gasteiger partial charge in [0, 0.05) is 24.4 Å². The number of rotatable bonds is 5. The van der Waals surface area contributed by atoms with Gasteiger partial charge in [-0.05, 0) is 55.7 Å². The van der Waals surface area contributed by atoms with E-state index < -0.39 is 11.4 Å². The molecule has 0 saturated carbocycles. The highest BCUT2D eigenvalue weighted by Crippen LogP contribution is 2.37. The highest BCUT2D eigenvalue weighted by atomic mass is 19.1. The zero-order valence-corrected chi connectivity index (χ0v) is 18.7. The lowest BCUT2D eigenvalue weighted by atomic mass is 9.86. The van der Waals surface area contributed by atoms with Gasteiger partial charge in [0.25, 0.3) is 0 Å². The highest BCUT2D eigenvalue weighted by molar-refractivity contribution is 5.69. The molecule has 0 fully saturated rings. The first kappa shape index (κ1) is 22.0. The second-order valence-corrected chi connectivity index (χ2v) is 8.29. The first-order valence-corrected chi connectivity index (χ1v) is 10.9. The minimum atomic E-state index is -1.37. The van der Waals surface area contributed by atoms with Crippen molar-refractivity contribution in [3.63, 3.8) is 0 Å². The molecule has 9 heteroatoms. The van der Waals surface area contributed by atoms with E-state index in [1.165, 1.54) is 25.3 Å². The normalized spacial score (nSPS) is 17.8. The number of halogens is 2. The summed E-state index contributed by atoms with van der Waals surface area (Å²) in [7, 11) is 1.52. The minimum absolute atomic E-state index is 0.305. The van der Waals surface area contributed by atoms with Crippen molar-refractivity contribution in [2.24, 2.45) is 0 Å². The van der Waals surface area contributed by atoms with Gasteiger partial charge in [-0.2, -0.15) is 5.10 Å². The molecule has 1 aliphatic heterocycles. The van der Waals surface area contributed by atoms with E-state index in [0.29, 0.717) is 53.6 Å². The Morgan fingerprint density at radius 1 is 1.15 bits per heavy atom. The van der Waals surface area contributed by atoms with Crippen molar-refractivity contribution >= 4 is 12.2 Å². The number of fused-ring (bicyclic) bond motifs is 1. The van der Waals surface area contributed by atoms with Gasteiger partial charge in [-0.3, -0.25) is 0 Å². The average molecular weight is 463 g/mol. The third-order valence-electron chi connectivity index (χ3n) is 5.99. The van der Waals surface area contributed by atoms with Crippen LogP contribution < -0.4 is 4.74 Å². The van der Waals surface area contributed by atoms with Gasteiger partial charge < -0.3 is 14.4 Å². The standard InChI is InChI=1S/C25H23F2N5O2/c1-16-14-31(15-28-16)21-13-20(27)17(12-22(21)34-2)4-9-23-29-24-25(33,10-3-11-32(24)30-23)18-5-7-19(26)8-6-18/h4-9,12-15,33H,3,10-11H2,1-2H3/b9-4+. The average Bonchev–Trinajstić information content (AvgIpc) is 3.45. The topological polar surface area (TPSA) is 78.0 Å². The number of nitrogens with zero attached hydrogens (tertiary/aromatic N) is 5. The van der Waals surface area contributed by atoms with Crippen molar-refractivity contribution < 1.29 is 18.6 Å². The number of methoxy groups -OCH3 is 1. The molecule has 2 aromatic carbocycles. The summed E-state index contributed by atoms with van der Waals surface area (Å²) in [5, 5.41) is 15.8. The lowest BCUT2D eigenvalue weighted by molar-refractivity contribution is 0.0394.